The number of furan rings is 1. The number of nitro benzene ring substituents is 1. The molecule has 3 rings (SSSR count). The number of carbonyl (C=O) groups is 1. The summed E-state index contributed by atoms with van der Waals surface area (Å²) >= 11 is 5.82. The molecule has 8 heteroatoms. The van der Waals surface area contributed by atoms with Gasteiger partial charge in [-0.1, -0.05) is 35.4 Å². The molecule has 3 aromatic rings. The molecule has 1 amide bonds. The Balaban J connectivity index is 1.64. The lowest BCUT2D eigenvalue weighted by molar-refractivity contribution is -0.384. The third-order valence-corrected chi connectivity index (χ3v) is 4.60. The Hall–Kier alpha value is -3.45. The Morgan fingerprint density at radius 3 is 2.72 bits per heavy atom. The summed E-state index contributed by atoms with van der Waals surface area (Å²) in [6, 6.07) is 13.6. The summed E-state index contributed by atoms with van der Waals surface area (Å²) in [6.07, 6.45) is 1.59. The minimum absolute atomic E-state index is 0.0543. The Bertz CT molecular complexity index is 1110. The molecule has 7 nitrogen and oxygen atoms in total. The fourth-order valence-corrected chi connectivity index (χ4v) is 2.99. The number of nitrogens with one attached hydrogen (secondary N) is 1. The van der Waals surface area contributed by atoms with E-state index < -0.39 is 4.92 Å². The van der Waals surface area contributed by atoms with Gasteiger partial charge in [-0.3, -0.25) is 14.9 Å². The maximum Gasteiger partial charge on any atom is 0.288 e. The molecule has 0 saturated carbocycles. The molecule has 0 aliphatic carbocycles. The van der Waals surface area contributed by atoms with Crippen LogP contribution in [0.5, 0.6) is 0 Å². The quantitative estimate of drug-likeness (QED) is 0.357. The number of hydrogen-bond donors (Lipinski definition) is 1. The largest absolute Gasteiger partial charge is 0.455 e. The van der Waals surface area contributed by atoms with Crippen LogP contribution in [0.25, 0.3) is 11.3 Å². The summed E-state index contributed by atoms with van der Waals surface area (Å²) in [5, 5.41) is 15.0. The van der Waals surface area contributed by atoms with Crippen molar-refractivity contribution < 1.29 is 14.1 Å². The molecule has 0 bridgehead atoms. The van der Waals surface area contributed by atoms with Crippen LogP contribution in [-0.2, 0) is 11.2 Å². The summed E-state index contributed by atoms with van der Waals surface area (Å²) in [4.78, 5) is 22.5. The van der Waals surface area contributed by atoms with Gasteiger partial charge in [0.05, 0.1) is 17.6 Å². The zero-order valence-electron chi connectivity index (χ0n) is 15.8. The first-order valence-electron chi connectivity index (χ1n) is 8.75. The van der Waals surface area contributed by atoms with Gasteiger partial charge in [-0.2, -0.15) is 5.10 Å². The van der Waals surface area contributed by atoms with Gasteiger partial charge in [0, 0.05) is 11.6 Å². The Morgan fingerprint density at radius 2 is 2.00 bits per heavy atom. The van der Waals surface area contributed by atoms with Gasteiger partial charge >= 0.3 is 0 Å². The lowest BCUT2D eigenvalue weighted by Gasteiger charge is -2.05. The summed E-state index contributed by atoms with van der Waals surface area (Å²) in [6.45, 7) is 3.96. The number of carbonyl (C=O) groups excluding carboxylic acids is 1. The lowest BCUT2D eigenvalue weighted by Crippen LogP contribution is -2.20. The van der Waals surface area contributed by atoms with Crippen molar-refractivity contribution in [1.82, 2.24) is 5.43 Å². The van der Waals surface area contributed by atoms with Crippen molar-refractivity contribution in [2.75, 3.05) is 0 Å². The molecule has 2 aromatic carbocycles. The van der Waals surface area contributed by atoms with Gasteiger partial charge < -0.3 is 4.42 Å². The molecule has 1 aromatic heterocycles. The number of nitro groups is 1. The van der Waals surface area contributed by atoms with Crippen LogP contribution in [0.4, 0.5) is 5.69 Å². The standard InChI is InChI=1S/C21H18ClN3O4/c1-13-3-4-15(14(2)9-13)11-21(26)24-23-12-17-6-8-20(29-17)16-5-7-18(22)19(10-16)25(27)28/h3-10,12H,11H2,1-2H3,(H,24,26)/b23-12+. The third kappa shape index (κ3) is 5.08. The van der Waals surface area contributed by atoms with E-state index in [1.54, 1.807) is 18.2 Å². The molecule has 1 heterocycles. The molecular formula is C21H18ClN3O4. The molecule has 0 unspecified atom stereocenters. The first-order valence-corrected chi connectivity index (χ1v) is 9.13. The van der Waals surface area contributed by atoms with Crippen LogP contribution in [0, 0.1) is 24.0 Å². The molecule has 0 aliphatic heterocycles. The van der Waals surface area contributed by atoms with Crippen molar-refractivity contribution in [3.8, 4) is 11.3 Å². The summed E-state index contributed by atoms with van der Waals surface area (Å²) in [7, 11) is 0. The highest BCUT2D eigenvalue weighted by atomic mass is 35.5. The topological polar surface area (TPSA) is 97.7 Å². The van der Waals surface area contributed by atoms with Gasteiger partial charge in [-0.15, -0.1) is 0 Å². The zero-order valence-corrected chi connectivity index (χ0v) is 16.6. The van der Waals surface area contributed by atoms with E-state index in [0.29, 0.717) is 17.1 Å². The van der Waals surface area contributed by atoms with Crippen LogP contribution in [0.3, 0.4) is 0 Å². The van der Waals surface area contributed by atoms with Gasteiger partial charge in [-0.25, -0.2) is 5.43 Å². The molecule has 0 aliphatic rings. The highest BCUT2D eigenvalue weighted by Crippen LogP contribution is 2.31. The summed E-state index contributed by atoms with van der Waals surface area (Å²) < 4.78 is 5.61. The van der Waals surface area contributed by atoms with Crippen LogP contribution in [-0.4, -0.2) is 17.0 Å². The van der Waals surface area contributed by atoms with Gasteiger partial charge in [0.25, 0.3) is 5.69 Å². The van der Waals surface area contributed by atoms with E-state index in [1.807, 2.05) is 32.0 Å². The van der Waals surface area contributed by atoms with E-state index in [2.05, 4.69) is 10.5 Å². The Morgan fingerprint density at radius 1 is 1.21 bits per heavy atom. The monoisotopic (exact) mass is 411 g/mol. The van der Waals surface area contributed by atoms with Crippen LogP contribution >= 0.6 is 11.6 Å². The third-order valence-electron chi connectivity index (χ3n) is 4.28. The van der Waals surface area contributed by atoms with Gasteiger partial charge in [0.15, 0.2) is 0 Å². The minimum atomic E-state index is -0.553. The number of benzene rings is 2. The second-order valence-corrected chi connectivity index (χ2v) is 6.93. The fraction of sp³-hybridized carbons (Fsp3) is 0.143. The summed E-state index contributed by atoms with van der Waals surface area (Å²) in [5.74, 6) is 0.575. The Labute approximate surface area is 172 Å². The number of aryl methyl sites for hydroxylation is 2. The van der Waals surface area contributed by atoms with E-state index in [9.17, 15) is 14.9 Å². The molecule has 0 saturated heterocycles. The molecule has 29 heavy (non-hydrogen) atoms. The molecule has 148 valence electrons. The predicted octanol–water partition coefficient (Wildman–Crippen LogP) is 4.82. The van der Waals surface area contributed by atoms with Crippen molar-refractivity contribution in [1.29, 1.82) is 0 Å². The maximum absolute atomic E-state index is 12.1. The van der Waals surface area contributed by atoms with Crippen molar-refractivity contribution in [3.63, 3.8) is 0 Å². The Kier molecular flexibility index (Phi) is 6.09. The first-order chi connectivity index (χ1) is 13.8. The van der Waals surface area contributed by atoms with Crippen LogP contribution in [0.15, 0.2) is 58.0 Å². The maximum atomic E-state index is 12.1. The zero-order chi connectivity index (χ0) is 21.0. The van der Waals surface area contributed by atoms with Crippen molar-refractivity contribution in [2.45, 2.75) is 20.3 Å². The minimum Gasteiger partial charge on any atom is -0.455 e. The summed E-state index contributed by atoms with van der Waals surface area (Å²) in [5.41, 5.74) is 5.91. The van der Waals surface area contributed by atoms with Crippen LogP contribution < -0.4 is 5.43 Å². The van der Waals surface area contributed by atoms with Crippen molar-refractivity contribution in [3.05, 3.63) is 86.1 Å². The average Bonchev–Trinajstić information content (AvgIpc) is 3.13. The van der Waals surface area contributed by atoms with E-state index in [4.69, 9.17) is 16.0 Å². The van der Waals surface area contributed by atoms with Crippen molar-refractivity contribution >= 4 is 29.4 Å². The normalized spacial score (nSPS) is 11.0. The molecule has 0 atom stereocenters. The predicted molar refractivity (Wildman–Crippen MR) is 111 cm³/mol. The first kappa shape index (κ1) is 20.3. The number of hydrogen-bond acceptors (Lipinski definition) is 5. The van der Waals surface area contributed by atoms with Gasteiger partial charge in [0.2, 0.25) is 5.91 Å². The lowest BCUT2D eigenvalue weighted by atomic mass is 10.0. The molecule has 0 fully saturated rings. The molecule has 1 N–H and O–H groups in total. The van der Waals surface area contributed by atoms with E-state index in [1.165, 1.54) is 18.3 Å². The SMILES string of the molecule is Cc1ccc(CC(=O)N/N=C/c2ccc(-c3ccc(Cl)c([N+](=O)[O-])c3)o2)c(C)c1. The van der Waals surface area contributed by atoms with Crippen molar-refractivity contribution in [2.24, 2.45) is 5.10 Å². The number of rotatable bonds is 6. The van der Waals surface area contributed by atoms with Crippen LogP contribution in [0.1, 0.15) is 22.5 Å². The van der Waals surface area contributed by atoms with Crippen LogP contribution in [0.2, 0.25) is 5.02 Å². The highest BCUT2D eigenvalue weighted by Gasteiger charge is 2.15. The van der Waals surface area contributed by atoms with E-state index >= 15 is 0 Å². The van der Waals surface area contributed by atoms with Gasteiger partial charge in [-0.05, 0) is 49.2 Å². The number of amides is 1. The number of nitrogens with zero attached hydrogens (tertiary/aromatic N) is 2. The second kappa shape index (κ2) is 8.70. The highest BCUT2D eigenvalue weighted by molar-refractivity contribution is 6.32. The smallest absolute Gasteiger partial charge is 0.288 e. The second-order valence-electron chi connectivity index (χ2n) is 6.53. The number of hydrazone groups is 1. The van der Waals surface area contributed by atoms with Gasteiger partial charge in [0.1, 0.15) is 16.5 Å². The fourth-order valence-electron chi connectivity index (χ4n) is 2.81. The molecular weight excluding hydrogens is 394 g/mol. The molecule has 0 radical (unpaired) electrons. The van der Waals surface area contributed by atoms with E-state index in [0.717, 1.165) is 16.7 Å². The average molecular weight is 412 g/mol. The number of halogens is 1. The molecule has 0 spiro atoms. The van der Waals surface area contributed by atoms with E-state index in [-0.39, 0.29) is 23.0 Å².